The second-order valence-electron chi connectivity index (χ2n) is 13.9. The second kappa shape index (κ2) is 16.3. The van der Waals surface area contributed by atoms with Gasteiger partial charge in [0.2, 0.25) is 17.7 Å². The maximum absolute atomic E-state index is 14.6. The summed E-state index contributed by atoms with van der Waals surface area (Å²) in [6.45, 7) is 15.8. The lowest BCUT2D eigenvalue weighted by molar-refractivity contribution is -0.165. The number of likely N-dealkylation sites (tertiary alicyclic amines) is 1. The zero-order valence-electron chi connectivity index (χ0n) is 29.4. The molecule has 264 valence electrons. The van der Waals surface area contributed by atoms with E-state index in [4.69, 9.17) is 9.47 Å². The van der Waals surface area contributed by atoms with Crippen molar-refractivity contribution >= 4 is 23.7 Å². The third-order valence-corrected chi connectivity index (χ3v) is 10.6. The number of aliphatic hydroxyl groups excluding tert-OH is 1. The number of aliphatic hydroxyl groups is 1. The van der Waals surface area contributed by atoms with Crippen molar-refractivity contribution in [1.82, 2.24) is 14.7 Å². The summed E-state index contributed by atoms with van der Waals surface area (Å²) in [7, 11) is 1.69. The summed E-state index contributed by atoms with van der Waals surface area (Å²) < 4.78 is 13.0. The number of rotatable bonds is 18. The van der Waals surface area contributed by atoms with Gasteiger partial charge in [-0.1, -0.05) is 76.1 Å². The van der Waals surface area contributed by atoms with Crippen molar-refractivity contribution in [3.63, 3.8) is 0 Å². The summed E-state index contributed by atoms with van der Waals surface area (Å²) in [5.74, 6) is -3.33. The minimum Gasteiger partial charge on any atom is -0.455 e. The number of nitrogens with zero attached hydrogens (tertiary/aromatic N) is 3. The monoisotopic (exact) mass is 665 g/mol. The quantitative estimate of drug-likeness (QED) is 0.138. The van der Waals surface area contributed by atoms with Crippen molar-refractivity contribution in [3.8, 4) is 0 Å². The van der Waals surface area contributed by atoms with E-state index in [-0.39, 0.29) is 36.7 Å². The van der Waals surface area contributed by atoms with Gasteiger partial charge >= 0.3 is 5.97 Å². The normalized spacial score (nSPS) is 26.1. The van der Waals surface area contributed by atoms with E-state index >= 15 is 0 Å². The number of amides is 3. The Bertz CT molecular complexity index is 1320. The van der Waals surface area contributed by atoms with Crippen LogP contribution < -0.4 is 0 Å². The van der Waals surface area contributed by atoms with Gasteiger partial charge in [-0.05, 0) is 44.1 Å². The fraction of sp³-hybridized carbons (Fsp3) is 0.632. The number of hydrogen-bond acceptors (Lipinski definition) is 7. The zero-order valence-corrected chi connectivity index (χ0v) is 29.4. The molecule has 0 radical (unpaired) electrons. The number of fused-ring (bicyclic) bond motifs is 1. The number of ether oxygens (including phenoxy) is 2. The number of allylic oxidation sites excluding steroid dienone is 1. The lowest BCUT2D eigenvalue weighted by Crippen LogP contribution is -2.59. The minimum absolute atomic E-state index is 0.101. The molecule has 0 saturated carbocycles. The fourth-order valence-corrected chi connectivity index (χ4v) is 7.91. The lowest BCUT2D eigenvalue weighted by Gasteiger charge is -2.40. The molecule has 3 aliphatic rings. The average Bonchev–Trinajstić information content (AvgIpc) is 3.73. The van der Waals surface area contributed by atoms with E-state index in [1.54, 1.807) is 29.0 Å². The van der Waals surface area contributed by atoms with Crippen molar-refractivity contribution < 1.29 is 33.8 Å². The SMILES string of the molecule is C=CCCC(=O)N(C)[C@@H](C)[C@@H](OC(=O)[C@@H]1[C@H]2C(=O)N([C@@H](CO)C(C)C)[C@H](C(=O)N(CC=C)CCCCC)[C@]23CC[C@H]1O3)c1ccccc1. The van der Waals surface area contributed by atoms with Gasteiger partial charge in [-0.15, -0.1) is 13.2 Å². The van der Waals surface area contributed by atoms with Crippen LogP contribution in [-0.2, 0) is 28.7 Å². The van der Waals surface area contributed by atoms with Crippen LogP contribution in [0, 0.1) is 17.8 Å². The third kappa shape index (κ3) is 7.10. The minimum atomic E-state index is -1.22. The van der Waals surface area contributed by atoms with Gasteiger partial charge in [-0.3, -0.25) is 19.2 Å². The highest BCUT2D eigenvalue weighted by molar-refractivity contribution is 5.98. The third-order valence-electron chi connectivity index (χ3n) is 10.6. The molecule has 3 aliphatic heterocycles. The maximum atomic E-state index is 14.6. The average molecular weight is 666 g/mol. The zero-order chi connectivity index (χ0) is 35.2. The first-order valence-electron chi connectivity index (χ1n) is 17.6. The Hall–Kier alpha value is -3.50. The highest BCUT2D eigenvalue weighted by Crippen LogP contribution is 2.59. The van der Waals surface area contributed by atoms with Crippen molar-refractivity contribution in [1.29, 1.82) is 0 Å². The summed E-state index contributed by atoms with van der Waals surface area (Å²) in [5.41, 5.74) is -0.499. The highest BCUT2D eigenvalue weighted by Gasteiger charge is 2.76. The molecular weight excluding hydrogens is 610 g/mol. The van der Waals surface area contributed by atoms with E-state index in [0.717, 1.165) is 24.8 Å². The first kappa shape index (κ1) is 37.3. The predicted molar refractivity (Wildman–Crippen MR) is 183 cm³/mol. The molecule has 4 rings (SSSR count). The van der Waals surface area contributed by atoms with Gasteiger partial charge < -0.3 is 29.3 Å². The molecule has 3 saturated heterocycles. The largest absolute Gasteiger partial charge is 0.455 e. The van der Waals surface area contributed by atoms with Crippen molar-refractivity contribution in [2.75, 3.05) is 26.7 Å². The van der Waals surface area contributed by atoms with Gasteiger partial charge in [-0.2, -0.15) is 0 Å². The van der Waals surface area contributed by atoms with E-state index in [1.807, 2.05) is 51.1 Å². The van der Waals surface area contributed by atoms with Crippen LogP contribution in [0.15, 0.2) is 55.6 Å². The molecular formula is C38H55N3O7. The van der Waals surface area contributed by atoms with Crippen LogP contribution >= 0.6 is 0 Å². The van der Waals surface area contributed by atoms with Crippen LogP contribution in [0.1, 0.15) is 84.3 Å². The molecule has 0 aromatic heterocycles. The molecule has 3 heterocycles. The van der Waals surface area contributed by atoms with Gasteiger partial charge in [0.25, 0.3) is 0 Å². The highest BCUT2D eigenvalue weighted by atomic mass is 16.6. The standard InChI is InChI=1S/C38H55N3O7/c1-8-11-16-23-40(22-10-3)36(45)34-38-21-20-29(48-38)31(32(38)35(44)41(34)28(24-42)25(4)5)37(46)47-33(27-17-14-13-15-18-27)26(6)39(7)30(43)19-12-9-2/h9-10,13-15,17-18,25-26,28-29,31-34,42H,2-3,8,11-12,16,19-24H2,1,4-7H3/t26-,28-,29+,31-,32-,33+,34+,38-/m0/s1. The second-order valence-corrected chi connectivity index (χ2v) is 13.9. The maximum Gasteiger partial charge on any atom is 0.313 e. The first-order valence-corrected chi connectivity index (χ1v) is 17.6. The lowest BCUT2D eigenvalue weighted by atomic mass is 9.70. The molecule has 8 atom stereocenters. The molecule has 3 amide bonds. The topological polar surface area (TPSA) is 117 Å². The number of hydrogen-bond donors (Lipinski definition) is 1. The Morgan fingerprint density at radius 1 is 1.15 bits per heavy atom. The molecule has 1 aromatic carbocycles. The summed E-state index contributed by atoms with van der Waals surface area (Å²) in [4.78, 5) is 61.4. The van der Waals surface area contributed by atoms with E-state index in [9.17, 15) is 24.3 Å². The number of likely N-dealkylation sites (N-methyl/N-ethyl adjacent to an activating group) is 1. The Kier molecular flexibility index (Phi) is 12.6. The molecule has 10 nitrogen and oxygen atoms in total. The van der Waals surface area contributed by atoms with Gasteiger partial charge in [0.15, 0.2) is 0 Å². The molecule has 1 spiro atoms. The molecule has 48 heavy (non-hydrogen) atoms. The van der Waals surface area contributed by atoms with Gasteiger partial charge in [0.1, 0.15) is 17.7 Å². The smallest absolute Gasteiger partial charge is 0.313 e. The van der Waals surface area contributed by atoms with Crippen LogP contribution in [0.25, 0.3) is 0 Å². The Morgan fingerprint density at radius 2 is 1.85 bits per heavy atom. The van der Waals surface area contributed by atoms with Crippen LogP contribution in [0.5, 0.6) is 0 Å². The summed E-state index contributed by atoms with van der Waals surface area (Å²) in [5, 5.41) is 10.5. The Morgan fingerprint density at radius 3 is 2.46 bits per heavy atom. The van der Waals surface area contributed by atoms with Gasteiger partial charge in [-0.25, -0.2) is 0 Å². The summed E-state index contributed by atoms with van der Waals surface area (Å²) in [6.07, 6.45) is 6.48. The van der Waals surface area contributed by atoms with E-state index in [2.05, 4.69) is 20.1 Å². The number of unbranched alkanes of at least 4 members (excludes halogenated alkanes) is 2. The van der Waals surface area contributed by atoms with E-state index in [1.165, 1.54) is 4.90 Å². The van der Waals surface area contributed by atoms with Crippen LogP contribution in [0.3, 0.4) is 0 Å². The van der Waals surface area contributed by atoms with Crippen molar-refractivity contribution in [3.05, 3.63) is 61.2 Å². The van der Waals surface area contributed by atoms with Gasteiger partial charge in [0, 0.05) is 26.6 Å². The first-order chi connectivity index (χ1) is 23.0. The number of carbonyl (C=O) groups excluding carboxylic acids is 4. The fourth-order valence-electron chi connectivity index (χ4n) is 7.91. The molecule has 0 unspecified atom stereocenters. The molecule has 3 fully saturated rings. The number of esters is 1. The van der Waals surface area contributed by atoms with Crippen molar-refractivity contribution in [2.24, 2.45) is 17.8 Å². The van der Waals surface area contributed by atoms with E-state index < -0.39 is 53.7 Å². The van der Waals surface area contributed by atoms with Crippen LogP contribution in [-0.4, -0.2) is 100 Å². The molecule has 1 aromatic rings. The molecule has 1 N–H and O–H groups in total. The van der Waals surface area contributed by atoms with Crippen LogP contribution in [0.2, 0.25) is 0 Å². The molecule has 10 heteroatoms. The van der Waals surface area contributed by atoms with Crippen molar-refractivity contribution in [2.45, 2.75) is 109 Å². The summed E-state index contributed by atoms with van der Waals surface area (Å²) >= 11 is 0. The Labute approximate surface area is 286 Å². The Balaban J connectivity index is 1.71. The van der Waals surface area contributed by atoms with Gasteiger partial charge in [0.05, 0.1) is 36.6 Å². The van der Waals surface area contributed by atoms with E-state index in [0.29, 0.717) is 32.4 Å². The predicted octanol–water partition coefficient (Wildman–Crippen LogP) is 4.68. The molecule has 0 aliphatic carbocycles. The number of benzene rings is 1. The molecule has 2 bridgehead atoms. The number of carbonyl (C=O) groups is 4. The van der Waals surface area contributed by atoms with Crippen LogP contribution in [0.4, 0.5) is 0 Å². The summed E-state index contributed by atoms with van der Waals surface area (Å²) in [6, 6.07) is 7.14.